The van der Waals surface area contributed by atoms with Gasteiger partial charge in [0.25, 0.3) is 5.91 Å². The third-order valence-electron chi connectivity index (χ3n) is 3.40. The number of rotatable bonds is 4. The smallest absolute Gasteiger partial charge is 0.256 e. The summed E-state index contributed by atoms with van der Waals surface area (Å²) in [6, 6.07) is 13.8. The lowest BCUT2D eigenvalue weighted by Crippen LogP contribution is -2.11. The van der Waals surface area contributed by atoms with Gasteiger partial charge in [-0.2, -0.15) is 11.3 Å². The highest BCUT2D eigenvalue weighted by atomic mass is 32.1. The van der Waals surface area contributed by atoms with Gasteiger partial charge in [-0.3, -0.25) is 4.79 Å². The van der Waals surface area contributed by atoms with Crippen molar-refractivity contribution in [3.05, 3.63) is 70.7 Å². The summed E-state index contributed by atoms with van der Waals surface area (Å²) in [4.78, 5) is 12.0. The van der Waals surface area contributed by atoms with E-state index in [9.17, 15) is 9.18 Å². The minimum Gasteiger partial charge on any atom is -0.497 e. The average Bonchev–Trinajstić information content (AvgIpc) is 3.11. The molecule has 0 atom stereocenters. The third-order valence-corrected chi connectivity index (χ3v) is 4.09. The van der Waals surface area contributed by atoms with Crippen LogP contribution in [0.15, 0.2) is 59.3 Å². The zero-order valence-corrected chi connectivity index (χ0v) is 13.2. The van der Waals surface area contributed by atoms with E-state index in [1.165, 1.54) is 17.4 Å². The van der Waals surface area contributed by atoms with E-state index >= 15 is 0 Å². The summed E-state index contributed by atoms with van der Waals surface area (Å²) in [7, 11) is 1.59. The molecule has 1 heterocycles. The summed E-state index contributed by atoms with van der Waals surface area (Å²) in [5.74, 6) is -0.0917. The summed E-state index contributed by atoms with van der Waals surface area (Å²) in [5, 5.41) is 6.10. The maximum absolute atomic E-state index is 14.3. The first-order chi connectivity index (χ1) is 11.2. The second-order valence-electron chi connectivity index (χ2n) is 4.89. The van der Waals surface area contributed by atoms with Crippen molar-refractivity contribution in [1.82, 2.24) is 0 Å². The van der Waals surface area contributed by atoms with Gasteiger partial charge < -0.3 is 10.1 Å². The highest BCUT2D eigenvalue weighted by molar-refractivity contribution is 7.08. The van der Waals surface area contributed by atoms with Gasteiger partial charge in [0, 0.05) is 5.38 Å². The van der Waals surface area contributed by atoms with E-state index in [2.05, 4.69) is 5.32 Å². The van der Waals surface area contributed by atoms with Crippen LogP contribution in [0.3, 0.4) is 0 Å². The molecule has 5 heteroatoms. The van der Waals surface area contributed by atoms with Crippen molar-refractivity contribution in [1.29, 1.82) is 0 Å². The normalized spacial score (nSPS) is 10.3. The van der Waals surface area contributed by atoms with Crippen LogP contribution in [0.25, 0.3) is 11.1 Å². The van der Waals surface area contributed by atoms with Crippen LogP contribution in [0, 0.1) is 5.82 Å². The number of benzene rings is 2. The van der Waals surface area contributed by atoms with Crippen LogP contribution in [-0.2, 0) is 0 Å². The van der Waals surface area contributed by atoms with Crippen LogP contribution in [0.5, 0.6) is 5.75 Å². The quantitative estimate of drug-likeness (QED) is 0.746. The number of nitrogens with one attached hydrogen (secondary N) is 1. The Labute approximate surface area is 137 Å². The second kappa shape index (κ2) is 6.62. The van der Waals surface area contributed by atoms with Gasteiger partial charge in [0.15, 0.2) is 0 Å². The summed E-state index contributed by atoms with van der Waals surface area (Å²) in [6.07, 6.45) is 0. The van der Waals surface area contributed by atoms with E-state index in [0.717, 1.165) is 11.1 Å². The van der Waals surface area contributed by atoms with Crippen molar-refractivity contribution in [2.75, 3.05) is 12.4 Å². The minimum atomic E-state index is -0.478. The van der Waals surface area contributed by atoms with Crippen LogP contribution in [-0.4, -0.2) is 13.0 Å². The van der Waals surface area contributed by atoms with Crippen molar-refractivity contribution in [2.24, 2.45) is 0 Å². The Morgan fingerprint density at radius 3 is 2.65 bits per heavy atom. The fourth-order valence-corrected chi connectivity index (χ4v) is 2.82. The van der Waals surface area contributed by atoms with Gasteiger partial charge in [0.1, 0.15) is 11.6 Å². The molecule has 1 N–H and O–H groups in total. The predicted octanol–water partition coefficient (Wildman–Crippen LogP) is 4.82. The lowest BCUT2D eigenvalue weighted by Gasteiger charge is -2.09. The molecule has 0 radical (unpaired) electrons. The molecule has 0 aliphatic heterocycles. The van der Waals surface area contributed by atoms with Crippen molar-refractivity contribution in [2.45, 2.75) is 0 Å². The van der Waals surface area contributed by atoms with E-state index in [0.29, 0.717) is 11.3 Å². The van der Waals surface area contributed by atoms with E-state index in [-0.39, 0.29) is 11.6 Å². The fraction of sp³-hybridized carbons (Fsp3) is 0.0556. The highest BCUT2D eigenvalue weighted by Gasteiger charge is 2.11. The monoisotopic (exact) mass is 327 g/mol. The first-order valence-corrected chi connectivity index (χ1v) is 7.89. The lowest BCUT2D eigenvalue weighted by atomic mass is 10.0. The zero-order chi connectivity index (χ0) is 16.2. The van der Waals surface area contributed by atoms with Crippen LogP contribution < -0.4 is 10.1 Å². The summed E-state index contributed by atoms with van der Waals surface area (Å²) >= 11 is 1.42. The molecule has 0 unspecified atom stereocenters. The van der Waals surface area contributed by atoms with Crippen LogP contribution in [0.4, 0.5) is 10.1 Å². The molecule has 23 heavy (non-hydrogen) atoms. The summed E-state index contributed by atoms with van der Waals surface area (Å²) < 4.78 is 19.5. The Morgan fingerprint density at radius 2 is 1.96 bits per heavy atom. The maximum Gasteiger partial charge on any atom is 0.256 e. The Kier molecular flexibility index (Phi) is 4.39. The predicted molar refractivity (Wildman–Crippen MR) is 90.7 cm³/mol. The zero-order valence-electron chi connectivity index (χ0n) is 12.4. The molecule has 3 nitrogen and oxygen atoms in total. The van der Waals surface area contributed by atoms with Gasteiger partial charge in [-0.05, 0) is 46.8 Å². The van der Waals surface area contributed by atoms with Crippen LogP contribution >= 0.6 is 11.3 Å². The molecular formula is C18H14FNO2S. The van der Waals surface area contributed by atoms with Crippen molar-refractivity contribution < 1.29 is 13.9 Å². The molecule has 0 saturated heterocycles. The molecular weight excluding hydrogens is 313 g/mol. The minimum absolute atomic E-state index is 0.160. The third kappa shape index (κ3) is 3.40. The first kappa shape index (κ1) is 15.2. The summed E-state index contributed by atoms with van der Waals surface area (Å²) in [5.41, 5.74) is 2.24. The number of carbonyl (C=O) groups is 1. The lowest BCUT2D eigenvalue weighted by molar-refractivity contribution is 0.102. The van der Waals surface area contributed by atoms with Gasteiger partial charge in [0.05, 0.1) is 18.4 Å². The molecule has 116 valence electrons. The Hall–Kier alpha value is -2.66. The molecule has 2 aromatic carbocycles. The van der Waals surface area contributed by atoms with Gasteiger partial charge in [-0.1, -0.05) is 18.2 Å². The molecule has 1 amide bonds. The van der Waals surface area contributed by atoms with Gasteiger partial charge in [0.2, 0.25) is 0 Å². The average molecular weight is 327 g/mol. The van der Waals surface area contributed by atoms with E-state index < -0.39 is 5.82 Å². The molecule has 0 aliphatic carbocycles. The number of hydrogen-bond donors (Lipinski definition) is 1. The number of methoxy groups -OCH3 is 1. The largest absolute Gasteiger partial charge is 0.497 e. The molecule has 0 saturated carbocycles. The Balaban J connectivity index is 1.84. The van der Waals surface area contributed by atoms with Crippen molar-refractivity contribution in [3.8, 4) is 16.9 Å². The number of thiophene rings is 1. The first-order valence-electron chi connectivity index (χ1n) is 6.95. The van der Waals surface area contributed by atoms with E-state index in [4.69, 9.17) is 4.74 Å². The maximum atomic E-state index is 14.3. The number of hydrogen-bond acceptors (Lipinski definition) is 3. The van der Waals surface area contributed by atoms with E-state index in [1.807, 2.05) is 24.3 Å². The molecule has 1 aromatic heterocycles. The number of ether oxygens (including phenoxy) is 1. The number of anilines is 1. The topological polar surface area (TPSA) is 38.3 Å². The van der Waals surface area contributed by atoms with Gasteiger partial charge in [-0.25, -0.2) is 4.39 Å². The fourth-order valence-electron chi connectivity index (χ4n) is 2.19. The van der Waals surface area contributed by atoms with Gasteiger partial charge >= 0.3 is 0 Å². The SMILES string of the molecule is COc1cccc(-c2ccc(NC(=O)c3ccsc3)c(F)c2)c1. The molecule has 0 bridgehead atoms. The number of amides is 1. The Morgan fingerprint density at radius 1 is 1.13 bits per heavy atom. The van der Waals surface area contributed by atoms with E-state index in [1.54, 1.807) is 36.1 Å². The van der Waals surface area contributed by atoms with Crippen molar-refractivity contribution >= 4 is 22.9 Å². The highest BCUT2D eigenvalue weighted by Crippen LogP contribution is 2.27. The van der Waals surface area contributed by atoms with Crippen LogP contribution in [0.1, 0.15) is 10.4 Å². The van der Waals surface area contributed by atoms with Crippen LogP contribution in [0.2, 0.25) is 0 Å². The van der Waals surface area contributed by atoms with Crippen molar-refractivity contribution in [3.63, 3.8) is 0 Å². The summed E-state index contributed by atoms with van der Waals surface area (Å²) in [6.45, 7) is 0. The number of carbonyl (C=O) groups excluding carboxylic acids is 1. The van der Waals surface area contributed by atoms with Gasteiger partial charge in [-0.15, -0.1) is 0 Å². The number of halogens is 1. The standard InChI is InChI=1S/C18H14FNO2S/c1-22-15-4-2-3-12(9-15)13-5-6-17(16(19)10-13)20-18(21)14-7-8-23-11-14/h2-11H,1H3,(H,20,21). The molecule has 3 rings (SSSR count). The molecule has 0 fully saturated rings. The molecule has 0 spiro atoms. The second-order valence-corrected chi connectivity index (χ2v) is 5.67. The molecule has 3 aromatic rings. The molecule has 0 aliphatic rings. The Bertz CT molecular complexity index is 831.